The smallest absolute Gasteiger partial charge is 0.235 e. The molecule has 250 valence electrons. The van der Waals surface area contributed by atoms with Gasteiger partial charge in [0.2, 0.25) is 5.95 Å². The molecule has 1 aliphatic rings. The van der Waals surface area contributed by atoms with Crippen LogP contribution in [-0.2, 0) is 0 Å². The van der Waals surface area contributed by atoms with Gasteiger partial charge in [0.25, 0.3) is 0 Å². The van der Waals surface area contributed by atoms with Gasteiger partial charge in [-0.2, -0.15) is 0 Å². The van der Waals surface area contributed by atoms with Gasteiger partial charge in [-0.15, -0.1) is 5.10 Å². The molecule has 3 heterocycles. The highest BCUT2D eigenvalue weighted by atomic mass is 15.5. The lowest BCUT2D eigenvalue weighted by molar-refractivity contribution is 1.01. The molecule has 6 heteroatoms. The molecule has 0 N–H and O–H groups in total. The number of nitrogens with zero attached hydrogens (tertiary/aromatic N) is 6. The lowest BCUT2D eigenvalue weighted by Crippen LogP contribution is -2.30. The van der Waals surface area contributed by atoms with Crippen LogP contribution in [0.3, 0.4) is 0 Å². The standard InChI is InChI=1S/C47H32N6/c1-32-37-30-31-42-43(39-27-15-17-29-41(39)52(42)47-48-40-28-16-14-26-38(40)44(49-47)33-18-6-2-7-19-33)45(37)53(36-24-12-5-13-25-36)50-46(34-20-8-3-9-21-34)51(32)35-22-10-4-11-23-35/h2-31H,1H2. The highest BCUT2D eigenvalue weighted by Gasteiger charge is 2.32. The Balaban J connectivity index is 1.32. The van der Waals surface area contributed by atoms with E-state index in [1.165, 1.54) is 0 Å². The molecule has 0 fully saturated rings. The highest BCUT2D eigenvalue weighted by molar-refractivity contribution is 6.23. The molecular weight excluding hydrogens is 649 g/mol. The van der Waals surface area contributed by atoms with Gasteiger partial charge < -0.3 is 0 Å². The zero-order valence-corrected chi connectivity index (χ0v) is 28.7. The Hall–Kier alpha value is -7.31. The van der Waals surface area contributed by atoms with Crippen LogP contribution >= 0.6 is 0 Å². The van der Waals surface area contributed by atoms with Crippen molar-refractivity contribution >= 4 is 61.3 Å². The van der Waals surface area contributed by atoms with Crippen molar-refractivity contribution in [2.75, 3.05) is 9.91 Å². The minimum absolute atomic E-state index is 0.604. The second-order valence-electron chi connectivity index (χ2n) is 13.0. The first-order chi connectivity index (χ1) is 26.2. The third-order valence-electron chi connectivity index (χ3n) is 9.90. The second kappa shape index (κ2) is 12.5. The molecule has 2 aromatic heterocycles. The van der Waals surface area contributed by atoms with Gasteiger partial charge in [0.05, 0.1) is 33.6 Å². The van der Waals surface area contributed by atoms with Crippen LogP contribution in [0.4, 0.5) is 17.1 Å². The first-order valence-electron chi connectivity index (χ1n) is 17.7. The van der Waals surface area contributed by atoms with Crippen molar-refractivity contribution in [2.24, 2.45) is 5.10 Å². The van der Waals surface area contributed by atoms with E-state index in [-0.39, 0.29) is 0 Å². The third kappa shape index (κ3) is 5.00. The summed E-state index contributed by atoms with van der Waals surface area (Å²) >= 11 is 0. The maximum Gasteiger partial charge on any atom is 0.235 e. The number of aromatic nitrogens is 3. The molecule has 10 rings (SSSR count). The zero-order chi connectivity index (χ0) is 35.3. The van der Waals surface area contributed by atoms with Crippen LogP contribution in [0.5, 0.6) is 0 Å². The van der Waals surface area contributed by atoms with E-state index >= 15 is 0 Å². The Morgan fingerprint density at radius 2 is 1.06 bits per heavy atom. The summed E-state index contributed by atoms with van der Waals surface area (Å²) in [6.45, 7) is 4.80. The monoisotopic (exact) mass is 680 g/mol. The molecule has 0 spiro atoms. The first-order valence-corrected chi connectivity index (χ1v) is 17.7. The van der Waals surface area contributed by atoms with E-state index in [4.69, 9.17) is 21.6 Å². The highest BCUT2D eigenvalue weighted by Crippen LogP contribution is 2.47. The topological polar surface area (TPSA) is 49.5 Å². The summed E-state index contributed by atoms with van der Waals surface area (Å²) in [5.74, 6) is 1.37. The molecule has 0 unspecified atom stereocenters. The van der Waals surface area contributed by atoms with Gasteiger partial charge in [-0.25, -0.2) is 15.0 Å². The van der Waals surface area contributed by atoms with Crippen LogP contribution in [0.15, 0.2) is 194 Å². The Bertz CT molecular complexity index is 2850. The van der Waals surface area contributed by atoms with Crippen LogP contribution in [-0.4, -0.2) is 20.4 Å². The summed E-state index contributed by atoms with van der Waals surface area (Å²) in [7, 11) is 0. The number of para-hydroxylation sites is 4. The second-order valence-corrected chi connectivity index (χ2v) is 13.0. The fourth-order valence-corrected chi connectivity index (χ4v) is 7.51. The van der Waals surface area contributed by atoms with E-state index in [1.54, 1.807) is 0 Å². The molecule has 1 aliphatic heterocycles. The number of hydrogen-bond acceptors (Lipinski definition) is 5. The van der Waals surface area contributed by atoms with Crippen molar-refractivity contribution < 1.29 is 0 Å². The quantitative estimate of drug-likeness (QED) is 0.182. The maximum atomic E-state index is 5.57. The van der Waals surface area contributed by atoms with Crippen molar-refractivity contribution in [3.63, 3.8) is 0 Å². The predicted molar refractivity (Wildman–Crippen MR) is 219 cm³/mol. The number of anilines is 3. The fraction of sp³-hybridized carbons (Fsp3) is 0. The Labute approximate surface area is 306 Å². The minimum atomic E-state index is 0.604. The SMILES string of the molecule is C=C1c2ccc3c(c2N(c2ccccc2)N=C(c2ccccc2)N1c1ccccc1)c1ccccc1n3-c1nc(-c2ccccc2)c2ccccc2n1. The molecule has 0 radical (unpaired) electrons. The molecule has 7 aromatic carbocycles. The molecule has 0 saturated heterocycles. The van der Waals surface area contributed by atoms with Gasteiger partial charge >= 0.3 is 0 Å². The van der Waals surface area contributed by atoms with Crippen molar-refractivity contribution in [3.8, 4) is 17.2 Å². The predicted octanol–water partition coefficient (Wildman–Crippen LogP) is 11.4. The summed E-state index contributed by atoms with van der Waals surface area (Å²) in [5.41, 5.74) is 10.4. The van der Waals surface area contributed by atoms with Crippen LogP contribution in [0.1, 0.15) is 11.1 Å². The number of rotatable bonds is 5. The van der Waals surface area contributed by atoms with E-state index < -0.39 is 0 Å². The van der Waals surface area contributed by atoms with Gasteiger partial charge in [0.1, 0.15) is 0 Å². The average Bonchev–Trinajstić information content (AvgIpc) is 3.50. The maximum absolute atomic E-state index is 5.57. The van der Waals surface area contributed by atoms with E-state index in [2.05, 4.69) is 148 Å². The molecule has 6 nitrogen and oxygen atoms in total. The van der Waals surface area contributed by atoms with Gasteiger partial charge in [-0.05, 0) is 48.5 Å². The van der Waals surface area contributed by atoms with E-state index in [1.807, 2.05) is 48.5 Å². The Morgan fingerprint density at radius 3 is 1.77 bits per heavy atom. The molecule has 53 heavy (non-hydrogen) atoms. The van der Waals surface area contributed by atoms with Gasteiger partial charge in [0, 0.05) is 44.2 Å². The van der Waals surface area contributed by atoms with E-state index in [0.717, 1.165) is 83.7 Å². The van der Waals surface area contributed by atoms with Crippen LogP contribution in [0.2, 0.25) is 0 Å². The zero-order valence-electron chi connectivity index (χ0n) is 28.7. The fourth-order valence-electron chi connectivity index (χ4n) is 7.51. The van der Waals surface area contributed by atoms with Gasteiger partial charge in [0.15, 0.2) is 5.84 Å². The Kier molecular flexibility index (Phi) is 7.18. The molecule has 0 atom stereocenters. The number of amidine groups is 1. The summed E-state index contributed by atoms with van der Waals surface area (Å²) in [4.78, 5) is 12.7. The van der Waals surface area contributed by atoms with Crippen molar-refractivity contribution in [3.05, 3.63) is 200 Å². The van der Waals surface area contributed by atoms with Crippen LogP contribution < -0.4 is 9.91 Å². The summed E-state index contributed by atoms with van der Waals surface area (Å²) in [6.07, 6.45) is 0. The molecule has 0 aliphatic carbocycles. The largest absolute Gasteiger partial charge is 0.293 e. The number of hydrazone groups is 1. The van der Waals surface area contributed by atoms with Gasteiger partial charge in [-0.1, -0.05) is 140 Å². The number of fused-ring (bicyclic) bond motifs is 6. The lowest BCUT2D eigenvalue weighted by atomic mass is 10.0. The summed E-state index contributed by atoms with van der Waals surface area (Å²) < 4.78 is 2.19. The Morgan fingerprint density at radius 1 is 0.472 bits per heavy atom. The number of hydrogen-bond donors (Lipinski definition) is 0. The third-order valence-corrected chi connectivity index (χ3v) is 9.90. The number of benzene rings is 7. The molecule has 0 amide bonds. The van der Waals surface area contributed by atoms with Crippen molar-refractivity contribution in [1.29, 1.82) is 0 Å². The summed E-state index contributed by atoms with van der Waals surface area (Å²) in [5, 5.41) is 10.8. The normalized spacial score (nSPS) is 13.0. The molecular formula is C47H32N6. The first kappa shape index (κ1) is 30.5. The average molecular weight is 681 g/mol. The van der Waals surface area contributed by atoms with E-state index in [9.17, 15) is 0 Å². The lowest BCUT2D eigenvalue weighted by Gasteiger charge is -2.27. The van der Waals surface area contributed by atoms with Crippen LogP contribution in [0, 0.1) is 0 Å². The van der Waals surface area contributed by atoms with Crippen LogP contribution in [0.25, 0.3) is 55.6 Å². The van der Waals surface area contributed by atoms with Crippen molar-refractivity contribution in [2.45, 2.75) is 0 Å². The molecule has 9 aromatic rings. The minimum Gasteiger partial charge on any atom is -0.293 e. The molecule has 0 saturated carbocycles. The summed E-state index contributed by atoms with van der Waals surface area (Å²) in [6, 6.07) is 62.5. The van der Waals surface area contributed by atoms with Crippen molar-refractivity contribution in [1.82, 2.24) is 14.5 Å². The molecule has 0 bridgehead atoms. The van der Waals surface area contributed by atoms with E-state index in [0.29, 0.717) is 5.95 Å². The van der Waals surface area contributed by atoms with Gasteiger partial charge in [-0.3, -0.25) is 9.47 Å².